The lowest BCUT2D eigenvalue weighted by Gasteiger charge is -2.16. The van der Waals surface area contributed by atoms with Crippen molar-refractivity contribution < 1.29 is 23.5 Å². The zero-order valence-electron chi connectivity index (χ0n) is 19.9. The van der Waals surface area contributed by atoms with Crippen LogP contribution in [-0.4, -0.2) is 35.9 Å². The maximum atomic E-state index is 13.3. The second kappa shape index (κ2) is 9.30. The van der Waals surface area contributed by atoms with Crippen LogP contribution < -0.4 is 15.2 Å². The molecule has 0 bridgehead atoms. The number of hydrogen-bond acceptors (Lipinski definition) is 5. The molecule has 0 saturated heterocycles. The molecule has 3 aromatic carbocycles. The van der Waals surface area contributed by atoms with Gasteiger partial charge in [-0.2, -0.15) is 0 Å². The van der Waals surface area contributed by atoms with E-state index >= 15 is 0 Å². The highest BCUT2D eigenvalue weighted by Crippen LogP contribution is 2.40. The third-order valence-electron chi connectivity index (χ3n) is 6.33. The van der Waals surface area contributed by atoms with Crippen LogP contribution >= 0.6 is 0 Å². The molecule has 8 heteroatoms. The summed E-state index contributed by atoms with van der Waals surface area (Å²) in [5.41, 5.74) is 9.91. The Bertz CT molecular complexity index is 1480. The Morgan fingerprint density at radius 1 is 1.08 bits per heavy atom. The van der Waals surface area contributed by atoms with Crippen molar-refractivity contribution >= 4 is 22.7 Å². The summed E-state index contributed by atoms with van der Waals surface area (Å²) < 4.78 is 24.7. The summed E-state index contributed by atoms with van der Waals surface area (Å²) in [6.45, 7) is 0.431. The molecule has 36 heavy (non-hydrogen) atoms. The highest BCUT2D eigenvalue weighted by Gasteiger charge is 2.35. The fraction of sp³-hybridized carbons (Fsp3) is 0.179. The Morgan fingerprint density at radius 3 is 2.44 bits per heavy atom. The number of carbonyl (C=O) groups is 2. The van der Waals surface area contributed by atoms with E-state index in [0.717, 1.165) is 22.4 Å². The summed E-state index contributed by atoms with van der Waals surface area (Å²) in [4.78, 5) is 31.8. The van der Waals surface area contributed by atoms with Crippen LogP contribution in [-0.2, 0) is 19.6 Å². The van der Waals surface area contributed by atoms with E-state index in [1.165, 1.54) is 17.0 Å². The second-order valence-corrected chi connectivity index (χ2v) is 8.76. The Labute approximate surface area is 207 Å². The molecule has 0 fully saturated rings. The molecule has 5 rings (SSSR count). The van der Waals surface area contributed by atoms with E-state index in [-0.39, 0.29) is 30.4 Å². The number of benzene rings is 3. The fourth-order valence-corrected chi connectivity index (χ4v) is 4.54. The zero-order chi connectivity index (χ0) is 25.4. The molecular weight excluding hydrogens is 461 g/mol. The number of fused-ring (bicyclic) bond motifs is 2. The summed E-state index contributed by atoms with van der Waals surface area (Å²) >= 11 is 0. The molecule has 0 saturated carbocycles. The molecule has 0 radical (unpaired) electrons. The highest BCUT2D eigenvalue weighted by atomic mass is 19.1. The first kappa shape index (κ1) is 23.3. The first-order chi connectivity index (χ1) is 17.4. The lowest BCUT2D eigenvalue weighted by atomic mass is 9.94. The highest BCUT2D eigenvalue weighted by molar-refractivity contribution is 6.15. The number of nitrogens with zero attached hydrogens (tertiary/aromatic N) is 2. The largest absolute Gasteiger partial charge is 0.497 e. The van der Waals surface area contributed by atoms with Crippen molar-refractivity contribution in [3.63, 3.8) is 0 Å². The van der Waals surface area contributed by atoms with Gasteiger partial charge >= 0.3 is 0 Å². The molecule has 7 nitrogen and oxygen atoms in total. The summed E-state index contributed by atoms with van der Waals surface area (Å²) in [6, 6.07) is 15.5. The summed E-state index contributed by atoms with van der Waals surface area (Å²) in [6.07, 6.45) is 2.16. The molecule has 182 valence electrons. The molecule has 2 amide bonds. The number of primary amides is 1. The topological polar surface area (TPSA) is 94.8 Å². The minimum absolute atomic E-state index is 0.192. The Balaban J connectivity index is 1.62. The molecule has 0 spiro atoms. The summed E-state index contributed by atoms with van der Waals surface area (Å²) in [7, 11) is 3.26. The number of nitrogens with two attached hydrogens (primary N) is 1. The van der Waals surface area contributed by atoms with Gasteiger partial charge in [-0.1, -0.05) is 24.3 Å². The van der Waals surface area contributed by atoms with Gasteiger partial charge in [0.1, 0.15) is 23.7 Å². The standard InChI is InChI=1S/C28H24FN3O4/c1-32-14-22-23(27(30)33)21-12-18(11-16-3-7-19(29)8-4-16)13-31-25(21)26(24(22)28(32)34)36-15-17-5-9-20(35-2)10-6-17/h3-10,12-13H,11,14-15H2,1-2H3,(H2,30,33). The number of hydrogen-bond donors (Lipinski definition) is 1. The number of pyridine rings is 1. The molecule has 0 atom stereocenters. The van der Waals surface area contributed by atoms with Crippen LogP contribution in [0.2, 0.25) is 0 Å². The lowest BCUT2D eigenvalue weighted by Crippen LogP contribution is -2.18. The maximum Gasteiger partial charge on any atom is 0.258 e. The van der Waals surface area contributed by atoms with Crippen molar-refractivity contribution in [3.05, 3.63) is 100.0 Å². The smallest absolute Gasteiger partial charge is 0.258 e. The monoisotopic (exact) mass is 485 g/mol. The van der Waals surface area contributed by atoms with Crippen molar-refractivity contribution in [2.45, 2.75) is 19.6 Å². The number of ether oxygens (including phenoxy) is 2. The number of rotatable bonds is 7. The van der Waals surface area contributed by atoms with E-state index in [4.69, 9.17) is 15.2 Å². The summed E-state index contributed by atoms with van der Waals surface area (Å²) in [5.74, 6) is -0.154. The number of methoxy groups -OCH3 is 1. The average Bonchev–Trinajstić information content (AvgIpc) is 3.16. The van der Waals surface area contributed by atoms with Crippen molar-refractivity contribution in [3.8, 4) is 11.5 Å². The Kier molecular flexibility index (Phi) is 6.01. The Hall–Kier alpha value is -4.46. The van der Waals surface area contributed by atoms with Gasteiger partial charge in [-0.15, -0.1) is 0 Å². The minimum atomic E-state index is -0.637. The van der Waals surface area contributed by atoms with E-state index in [2.05, 4.69) is 4.98 Å². The van der Waals surface area contributed by atoms with Crippen LogP contribution in [0.15, 0.2) is 60.8 Å². The van der Waals surface area contributed by atoms with Crippen LogP contribution in [0.25, 0.3) is 10.9 Å². The maximum absolute atomic E-state index is 13.3. The van der Waals surface area contributed by atoms with E-state index in [0.29, 0.717) is 34.2 Å². The quantitative estimate of drug-likeness (QED) is 0.423. The van der Waals surface area contributed by atoms with Crippen molar-refractivity contribution in [1.82, 2.24) is 9.88 Å². The third kappa shape index (κ3) is 4.22. The van der Waals surface area contributed by atoms with Crippen LogP contribution in [0, 0.1) is 5.82 Å². The predicted octanol–water partition coefficient (Wildman–Crippen LogP) is 4.24. The summed E-state index contributed by atoms with van der Waals surface area (Å²) in [5, 5.41) is 0.522. The molecule has 1 aliphatic rings. The number of aromatic nitrogens is 1. The van der Waals surface area contributed by atoms with Crippen LogP contribution in [0.3, 0.4) is 0 Å². The van der Waals surface area contributed by atoms with E-state index < -0.39 is 5.91 Å². The van der Waals surface area contributed by atoms with Crippen molar-refractivity contribution in [2.75, 3.05) is 14.2 Å². The van der Waals surface area contributed by atoms with Gasteiger partial charge < -0.3 is 20.1 Å². The van der Waals surface area contributed by atoms with Crippen LogP contribution in [0.4, 0.5) is 4.39 Å². The van der Waals surface area contributed by atoms with Crippen molar-refractivity contribution in [2.24, 2.45) is 5.73 Å². The fourth-order valence-electron chi connectivity index (χ4n) is 4.54. The molecule has 1 aliphatic heterocycles. The van der Waals surface area contributed by atoms with E-state index in [9.17, 15) is 14.0 Å². The molecule has 4 aromatic rings. The van der Waals surface area contributed by atoms with Gasteiger partial charge in [0.25, 0.3) is 5.91 Å². The van der Waals surface area contributed by atoms with Gasteiger partial charge in [-0.05, 0) is 53.4 Å². The first-order valence-corrected chi connectivity index (χ1v) is 11.4. The number of carbonyl (C=O) groups excluding carboxylic acids is 2. The Morgan fingerprint density at radius 2 is 1.78 bits per heavy atom. The number of amides is 2. The number of halogens is 1. The molecule has 2 heterocycles. The predicted molar refractivity (Wildman–Crippen MR) is 133 cm³/mol. The minimum Gasteiger partial charge on any atom is -0.497 e. The van der Waals surface area contributed by atoms with Gasteiger partial charge in [0.05, 0.1) is 18.2 Å². The zero-order valence-corrected chi connectivity index (χ0v) is 19.9. The van der Waals surface area contributed by atoms with Gasteiger partial charge in [0, 0.05) is 30.7 Å². The normalized spacial score (nSPS) is 12.6. The second-order valence-electron chi connectivity index (χ2n) is 8.76. The van der Waals surface area contributed by atoms with E-state index in [1.54, 1.807) is 32.5 Å². The molecule has 1 aromatic heterocycles. The van der Waals surface area contributed by atoms with Gasteiger partial charge in [0.2, 0.25) is 5.91 Å². The SMILES string of the molecule is COc1ccc(COc2c3c(c(C(N)=O)c4cc(Cc5ccc(F)cc5)cnc24)CN(C)C3=O)cc1. The van der Waals surface area contributed by atoms with E-state index in [1.807, 2.05) is 30.3 Å². The van der Waals surface area contributed by atoms with Crippen molar-refractivity contribution in [1.29, 1.82) is 0 Å². The van der Waals surface area contributed by atoms with Crippen LogP contribution in [0.5, 0.6) is 11.5 Å². The van der Waals surface area contributed by atoms with Crippen LogP contribution in [0.1, 0.15) is 43.0 Å². The van der Waals surface area contributed by atoms with Gasteiger partial charge in [0.15, 0.2) is 5.75 Å². The van der Waals surface area contributed by atoms with Gasteiger partial charge in [-0.3, -0.25) is 14.6 Å². The molecular formula is C28H24FN3O4. The molecule has 0 aliphatic carbocycles. The molecule has 0 unspecified atom stereocenters. The molecule has 2 N–H and O–H groups in total. The van der Waals surface area contributed by atoms with Gasteiger partial charge in [-0.25, -0.2) is 4.39 Å². The third-order valence-corrected chi connectivity index (χ3v) is 6.33. The lowest BCUT2D eigenvalue weighted by molar-refractivity contribution is 0.0812. The average molecular weight is 486 g/mol. The first-order valence-electron chi connectivity index (χ1n) is 11.4.